The quantitative estimate of drug-likeness (QED) is 0.529. The van der Waals surface area contributed by atoms with Crippen LogP contribution in [-0.4, -0.2) is 43.6 Å². The number of ether oxygens (including phenoxy) is 2. The van der Waals surface area contributed by atoms with Gasteiger partial charge in [-0.15, -0.1) is 0 Å². The molecule has 0 aliphatic carbocycles. The van der Waals surface area contributed by atoms with Gasteiger partial charge < -0.3 is 25.8 Å². The Labute approximate surface area is 144 Å². The molecule has 1 aromatic rings. The van der Waals surface area contributed by atoms with Crippen LogP contribution in [0.3, 0.4) is 0 Å². The number of hydrogen-bond donors (Lipinski definition) is 3. The number of carbonyl (C=O) groups excluding carboxylic acids is 4. The zero-order valence-electron chi connectivity index (χ0n) is 13.8. The molecule has 0 spiro atoms. The molecule has 1 rings (SSSR count). The number of nitrogens with one attached hydrogen (secondary N) is 2. The summed E-state index contributed by atoms with van der Waals surface area (Å²) in [7, 11) is 1.18. The second-order valence-corrected chi connectivity index (χ2v) is 5.06. The minimum atomic E-state index is -1.07. The first-order valence-corrected chi connectivity index (χ1v) is 7.52. The van der Waals surface area contributed by atoms with Crippen molar-refractivity contribution in [1.82, 2.24) is 10.6 Å². The molecule has 1 unspecified atom stereocenters. The fourth-order valence-corrected chi connectivity index (χ4v) is 1.82. The number of alkyl carbamates (subject to hydrolysis) is 1. The van der Waals surface area contributed by atoms with Crippen LogP contribution in [0.1, 0.15) is 18.4 Å². The number of benzene rings is 1. The van der Waals surface area contributed by atoms with Crippen LogP contribution in [-0.2, 0) is 30.5 Å². The van der Waals surface area contributed by atoms with E-state index in [-0.39, 0.29) is 26.0 Å². The van der Waals surface area contributed by atoms with E-state index in [2.05, 4.69) is 15.4 Å². The number of hydrogen-bond acceptors (Lipinski definition) is 6. The van der Waals surface area contributed by atoms with Crippen LogP contribution < -0.4 is 16.4 Å². The number of nitrogens with two attached hydrogens (primary N) is 1. The van der Waals surface area contributed by atoms with Crippen molar-refractivity contribution in [2.75, 3.05) is 13.7 Å². The average molecular weight is 351 g/mol. The smallest absolute Gasteiger partial charge is 0.408 e. The minimum Gasteiger partial charge on any atom is -0.468 e. The molecule has 1 aromatic carbocycles. The highest BCUT2D eigenvalue weighted by atomic mass is 16.5. The first-order valence-electron chi connectivity index (χ1n) is 7.52. The van der Waals surface area contributed by atoms with Gasteiger partial charge in [0.15, 0.2) is 0 Å². The third-order valence-electron chi connectivity index (χ3n) is 3.14. The zero-order chi connectivity index (χ0) is 18.7. The van der Waals surface area contributed by atoms with Gasteiger partial charge in [-0.25, -0.2) is 4.79 Å². The molecule has 0 heterocycles. The van der Waals surface area contributed by atoms with Crippen molar-refractivity contribution in [3.8, 4) is 0 Å². The summed E-state index contributed by atoms with van der Waals surface area (Å²) in [5.74, 6) is -1.91. The largest absolute Gasteiger partial charge is 0.468 e. The molecular formula is C16H21N3O6. The van der Waals surface area contributed by atoms with E-state index >= 15 is 0 Å². The van der Waals surface area contributed by atoms with Gasteiger partial charge in [0.25, 0.3) is 0 Å². The van der Waals surface area contributed by atoms with Gasteiger partial charge in [-0.2, -0.15) is 0 Å². The molecule has 0 aliphatic heterocycles. The third-order valence-corrected chi connectivity index (χ3v) is 3.14. The molecule has 9 nitrogen and oxygen atoms in total. The van der Waals surface area contributed by atoms with Gasteiger partial charge in [0, 0.05) is 6.42 Å². The van der Waals surface area contributed by atoms with Crippen molar-refractivity contribution in [3.63, 3.8) is 0 Å². The van der Waals surface area contributed by atoms with Crippen LogP contribution in [0.25, 0.3) is 0 Å². The van der Waals surface area contributed by atoms with E-state index in [1.54, 1.807) is 24.3 Å². The van der Waals surface area contributed by atoms with E-state index in [1.807, 2.05) is 6.07 Å². The first-order chi connectivity index (χ1) is 11.9. The summed E-state index contributed by atoms with van der Waals surface area (Å²) in [6.07, 6.45) is -0.968. The lowest BCUT2D eigenvalue weighted by Crippen LogP contribution is -2.48. The number of primary amides is 1. The van der Waals surface area contributed by atoms with Gasteiger partial charge in [-0.05, 0) is 12.0 Å². The summed E-state index contributed by atoms with van der Waals surface area (Å²) in [5.41, 5.74) is 5.84. The molecule has 0 radical (unpaired) electrons. The minimum absolute atomic E-state index is 0.0250. The van der Waals surface area contributed by atoms with Crippen molar-refractivity contribution in [2.24, 2.45) is 5.73 Å². The van der Waals surface area contributed by atoms with Gasteiger partial charge in [0.2, 0.25) is 11.8 Å². The fraction of sp³-hybridized carbons (Fsp3) is 0.375. The lowest BCUT2D eigenvalue weighted by Gasteiger charge is -2.17. The SMILES string of the molecule is COC(=O)CNC(=O)C(CCC(N)=O)NC(=O)OCc1ccccc1. The summed E-state index contributed by atoms with van der Waals surface area (Å²) < 4.78 is 9.43. The molecule has 0 saturated carbocycles. The topological polar surface area (TPSA) is 137 Å². The normalized spacial score (nSPS) is 11.1. The molecule has 1 atom stereocenters. The van der Waals surface area contributed by atoms with Crippen molar-refractivity contribution in [3.05, 3.63) is 35.9 Å². The van der Waals surface area contributed by atoms with Crippen molar-refractivity contribution in [1.29, 1.82) is 0 Å². The Morgan fingerprint density at radius 2 is 1.84 bits per heavy atom. The molecule has 136 valence electrons. The lowest BCUT2D eigenvalue weighted by atomic mass is 10.1. The molecule has 25 heavy (non-hydrogen) atoms. The maximum absolute atomic E-state index is 12.0. The Kier molecular flexibility index (Phi) is 8.48. The Hall–Kier alpha value is -3.10. The third kappa shape index (κ3) is 8.35. The van der Waals surface area contributed by atoms with Crippen LogP contribution in [0.2, 0.25) is 0 Å². The molecule has 4 N–H and O–H groups in total. The number of methoxy groups -OCH3 is 1. The van der Waals surface area contributed by atoms with E-state index in [0.717, 1.165) is 5.56 Å². The predicted octanol–water partition coefficient (Wildman–Crippen LogP) is -0.164. The maximum Gasteiger partial charge on any atom is 0.408 e. The van der Waals surface area contributed by atoms with Crippen LogP contribution >= 0.6 is 0 Å². The second kappa shape index (κ2) is 10.6. The predicted molar refractivity (Wildman–Crippen MR) is 87.0 cm³/mol. The van der Waals surface area contributed by atoms with Gasteiger partial charge in [0.1, 0.15) is 19.2 Å². The van der Waals surface area contributed by atoms with Gasteiger partial charge in [-0.1, -0.05) is 30.3 Å². The first kappa shape index (κ1) is 19.9. The van der Waals surface area contributed by atoms with Crippen molar-refractivity contribution in [2.45, 2.75) is 25.5 Å². The van der Waals surface area contributed by atoms with E-state index in [1.165, 1.54) is 7.11 Å². The highest BCUT2D eigenvalue weighted by Crippen LogP contribution is 2.02. The maximum atomic E-state index is 12.0. The lowest BCUT2D eigenvalue weighted by molar-refractivity contribution is -0.141. The number of esters is 1. The molecule has 9 heteroatoms. The van der Waals surface area contributed by atoms with Crippen molar-refractivity contribution >= 4 is 23.9 Å². The van der Waals surface area contributed by atoms with Gasteiger partial charge >= 0.3 is 12.1 Å². The Morgan fingerprint density at radius 3 is 2.44 bits per heavy atom. The van der Waals surface area contributed by atoms with Crippen molar-refractivity contribution < 1.29 is 28.7 Å². The standard InChI is InChI=1S/C16H21N3O6/c1-24-14(21)9-18-15(22)12(7-8-13(17)20)19-16(23)25-10-11-5-3-2-4-6-11/h2-6,12H,7-10H2,1H3,(H2,17,20)(H,18,22)(H,19,23). The highest BCUT2D eigenvalue weighted by molar-refractivity contribution is 5.88. The fourth-order valence-electron chi connectivity index (χ4n) is 1.82. The van der Waals surface area contributed by atoms with Crippen LogP contribution in [0.4, 0.5) is 4.79 Å². The van der Waals surface area contributed by atoms with E-state index in [0.29, 0.717) is 0 Å². The van der Waals surface area contributed by atoms with Crippen LogP contribution in [0.5, 0.6) is 0 Å². The van der Waals surface area contributed by atoms with Crippen LogP contribution in [0, 0.1) is 0 Å². The van der Waals surface area contributed by atoms with E-state index < -0.39 is 29.9 Å². The molecule has 0 aliphatic rings. The average Bonchev–Trinajstić information content (AvgIpc) is 2.61. The Balaban J connectivity index is 2.55. The number of carbonyl (C=O) groups is 4. The van der Waals surface area contributed by atoms with Crippen LogP contribution in [0.15, 0.2) is 30.3 Å². The second-order valence-electron chi connectivity index (χ2n) is 5.06. The molecular weight excluding hydrogens is 330 g/mol. The van der Waals surface area contributed by atoms with E-state index in [4.69, 9.17) is 10.5 Å². The number of amides is 3. The summed E-state index contributed by atoms with van der Waals surface area (Å²) in [6, 6.07) is 7.91. The summed E-state index contributed by atoms with van der Waals surface area (Å²) >= 11 is 0. The molecule has 0 bridgehead atoms. The number of rotatable bonds is 9. The van der Waals surface area contributed by atoms with E-state index in [9.17, 15) is 19.2 Å². The summed E-state index contributed by atoms with van der Waals surface area (Å²) in [5, 5.41) is 4.65. The summed E-state index contributed by atoms with van der Waals surface area (Å²) in [4.78, 5) is 45.9. The summed E-state index contributed by atoms with van der Waals surface area (Å²) in [6.45, 7) is -0.331. The van der Waals surface area contributed by atoms with Gasteiger partial charge in [-0.3, -0.25) is 14.4 Å². The molecule has 3 amide bonds. The monoisotopic (exact) mass is 351 g/mol. The van der Waals surface area contributed by atoms with Gasteiger partial charge in [0.05, 0.1) is 7.11 Å². The Bertz CT molecular complexity index is 605. The molecule has 0 fully saturated rings. The molecule has 0 aromatic heterocycles. The Morgan fingerprint density at radius 1 is 1.16 bits per heavy atom. The molecule has 0 saturated heterocycles. The zero-order valence-corrected chi connectivity index (χ0v) is 13.8. The highest BCUT2D eigenvalue weighted by Gasteiger charge is 2.22.